The molecule has 0 spiro atoms. The van der Waals surface area contributed by atoms with Crippen LogP contribution in [0, 0.1) is 0 Å². The van der Waals surface area contributed by atoms with Crippen molar-refractivity contribution in [3.05, 3.63) is 30.4 Å². The fraction of sp³-hybridized carbons (Fsp3) is 0.577. The largest absolute Gasteiger partial charge is 0.341 e. The van der Waals surface area contributed by atoms with Gasteiger partial charge in [0.2, 0.25) is 5.95 Å². The summed E-state index contributed by atoms with van der Waals surface area (Å²) in [5.41, 5.74) is 2.93. The molecule has 2 saturated heterocycles. The molecule has 1 saturated carbocycles. The number of amides is 1. The SMILES string of the molecule is CCN1CCN(C(=O)c2ccc(Nc3nc(N4CCCC4)nc4c3ncn4C3CCCC3)cn2)CC1. The van der Waals surface area contributed by atoms with Crippen LogP contribution in [-0.4, -0.2) is 86.0 Å². The van der Waals surface area contributed by atoms with Gasteiger partial charge in [0.15, 0.2) is 17.0 Å². The number of imidazole rings is 1. The quantitative estimate of drug-likeness (QED) is 0.563. The lowest BCUT2D eigenvalue weighted by atomic mass is 10.2. The Hall–Kier alpha value is -3.27. The summed E-state index contributed by atoms with van der Waals surface area (Å²) in [7, 11) is 0. The summed E-state index contributed by atoms with van der Waals surface area (Å²) in [6.07, 6.45) is 10.8. The van der Waals surface area contributed by atoms with Crippen LogP contribution in [0.3, 0.4) is 0 Å². The number of carbonyl (C=O) groups is 1. The number of hydrogen-bond donors (Lipinski definition) is 1. The van der Waals surface area contributed by atoms with Crippen molar-refractivity contribution in [2.75, 3.05) is 56.0 Å². The van der Waals surface area contributed by atoms with Gasteiger partial charge in [-0.15, -0.1) is 0 Å². The maximum atomic E-state index is 12.9. The normalized spacial score (nSPS) is 19.5. The van der Waals surface area contributed by atoms with Crippen molar-refractivity contribution in [2.24, 2.45) is 0 Å². The molecule has 1 N–H and O–H groups in total. The van der Waals surface area contributed by atoms with Gasteiger partial charge in [0.1, 0.15) is 5.69 Å². The van der Waals surface area contributed by atoms with E-state index in [9.17, 15) is 4.79 Å². The minimum absolute atomic E-state index is 0.00615. The Bertz CT molecular complexity index is 1200. The third-order valence-electron chi connectivity index (χ3n) is 7.87. The molecule has 0 aromatic carbocycles. The van der Waals surface area contributed by atoms with Gasteiger partial charge in [0.05, 0.1) is 18.2 Å². The van der Waals surface area contributed by atoms with E-state index in [1.165, 1.54) is 38.5 Å². The molecule has 190 valence electrons. The van der Waals surface area contributed by atoms with Crippen LogP contribution in [0.1, 0.15) is 62.0 Å². The third kappa shape index (κ3) is 4.50. The topological polar surface area (TPSA) is 95.3 Å². The fourth-order valence-electron chi connectivity index (χ4n) is 5.66. The smallest absolute Gasteiger partial charge is 0.272 e. The molecular weight excluding hydrogens is 454 g/mol. The molecule has 36 heavy (non-hydrogen) atoms. The third-order valence-corrected chi connectivity index (χ3v) is 7.87. The lowest BCUT2D eigenvalue weighted by Gasteiger charge is -2.33. The van der Waals surface area contributed by atoms with Gasteiger partial charge in [-0.2, -0.15) is 9.97 Å². The summed E-state index contributed by atoms with van der Waals surface area (Å²) in [4.78, 5) is 38.5. The second-order valence-electron chi connectivity index (χ2n) is 10.1. The molecule has 3 fully saturated rings. The first-order valence-electron chi connectivity index (χ1n) is 13.4. The predicted octanol–water partition coefficient (Wildman–Crippen LogP) is 3.46. The number of aromatic nitrogens is 5. The Labute approximate surface area is 211 Å². The highest BCUT2D eigenvalue weighted by molar-refractivity contribution is 5.93. The van der Waals surface area contributed by atoms with Gasteiger partial charge in [0, 0.05) is 45.3 Å². The molecule has 10 heteroatoms. The molecule has 10 nitrogen and oxygen atoms in total. The van der Waals surface area contributed by atoms with E-state index in [-0.39, 0.29) is 5.91 Å². The van der Waals surface area contributed by atoms with Crippen molar-refractivity contribution in [1.82, 2.24) is 34.3 Å². The average molecular weight is 490 g/mol. The lowest BCUT2D eigenvalue weighted by Crippen LogP contribution is -2.48. The molecule has 3 aliphatic rings. The second kappa shape index (κ2) is 10.0. The Morgan fingerprint density at radius 3 is 2.44 bits per heavy atom. The Balaban J connectivity index is 1.25. The highest BCUT2D eigenvalue weighted by Gasteiger charge is 2.25. The highest BCUT2D eigenvalue weighted by atomic mass is 16.2. The first-order chi connectivity index (χ1) is 17.7. The van der Waals surface area contributed by atoms with E-state index < -0.39 is 0 Å². The lowest BCUT2D eigenvalue weighted by molar-refractivity contribution is 0.0637. The van der Waals surface area contributed by atoms with E-state index in [1.807, 2.05) is 17.3 Å². The fourth-order valence-corrected chi connectivity index (χ4v) is 5.66. The van der Waals surface area contributed by atoms with Crippen LogP contribution in [-0.2, 0) is 0 Å². The van der Waals surface area contributed by atoms with E-state index in [0.29, 0.717) is 17.6 Å². The maximum absolute atomic E-state index is 12.9. The molecule has 5 heterocycles. The molecule has 3 aromatic rings. The summed E-state index contributed by atoms with van der Waals surface area (Å²) in [6, 6.07) is 4.16. The highest BCUT2D eigenvalue weighted by Crippen LogP contribution is 2.34. The predicted molar refractivity (Wildman–Crippen MR) is 140 cm³/mol. The number of anilines is 3. The van der Waals surface area contributed by atoms with Crippen molar-refractivity contribution in [3.63, 3.8) is 0 Å². The van der Waals surface area contributed by atoms with Gasteiger partial charge in [-0.1, -0.05) is 19.8 Å². The number of pyridine rings is 1. The Morgan fingerprint density at radius 1 is 0.972 bits per heavy atom. The van der Waals surface area contributed by atoms with E-state index in [0.717, 1.165) is 68.6 Å². The molecule has 6 rings (SSSR count). The number of nitrogens with one attached hydrogen (secondary N) is 1. The number of hydrogen-bond acceptors (Lipinski definition) is 8. The molecule has 1 aliphatic carbocycles. The summed E-state index contributed by atoms with van der Waals surface area (Å²) >= 11 is 0. The standard InChI is InChI=1S/C26H35N9O/c1-2-32-13-15-33(16-14-32)25(36)21-10-9-19(17-27-21)29-23-22-24(31-26(30-23)34-11-5-6-12-34)35(18-28-22)20-7-3-4-8-20/h9-10,17-18,20H,2-8,11-16H2,1H3,(H,29,30,31). The molecule has 2 aliphatic heterocycles. The first kappa shape index (κ1) is 23.1. The zero-order valence-corrected chi connectivity index (χ0v) is 21.1. The van der Waals surface area contributed by atoms with Crippen molar-refractivity contribution >= 4 is 34.5 Å². The van der Waals surface area contributed by atoms with Crippen LogP contribution in [0.25, 0.3) is 11.2 Å². The van der Waals surface area contributed by atoms with Gasteiger partial charge in [-0.3, -0.25) is 4.79 Å². The monoisotopic (exact) mass is 489 g/mol. The van der Waals surface area contributed by atoms with Gasteiger partial charge < -0.3 is 24.6 Å². The molecular formula is C26H35N9O. The van der Waals surface area contributed by atoms with Gasteiger partial charge in [-0.05, 0) is 44.4 Å². The summed E-state index contributed by atoms with van der Waals surface area (Å²) < 4.78 is 2.24. The number of likely N-dealkylation sites (N-methyl/N-ethyl adjacent to an activating group) is 1. The number of piperazine rings is 1. The van der Waals surface area contributed by atoms with Gasteiger partial charge in [-0.25, -0.2) is 9.97 Å². The maximum Gasteiger partial charge on any atom is 0.272 e. The zero-order valence-electron chi connectivity index (χ0n) is 21.1. The number of carbonyl (C=O) groups excluding carboxylic acids is 1. The Morgan fingerprint density at radius 2 is 1.75 bits per heavy atom. The average Bonchev–Trinajstić information content (AvgIpc) is 3.70. The van der Waals surface area contributed by atoms with Crippen LogP contribution in [0.5, 0.6) is 0 Å². The number of nitrogens with zero attached hydrogens (tertiary/aromatic N) is 8. The zero-order chi connectivity index (χ0) is 24.5. The molecule has 0 radical (unpaired) electrons. The van der Waals surface area contributed by atoms with E-state index in [2.05, 4.69) is 31.6 Å². The molecule has 0 atom stereocenters. The molecule has 1 amide bonds. The van der Waals surface area contributed by atoms with E-state index >= 15 is 0 Å². The van der Waals surface area contributed by atoms with E-state index in [1.54, 1.807) is 12.3 Å². The van der Waals surface area contributed by atoms with E-state index in [4.69, 9.17) is 15.0 Å². The minimum atomic E-state index is -0.00615. The molecule has 0 unspecified atom stereocenters. The molecule has 0 bridgehead atoms. The van der Waals surface area contributed by atoms with Crippen molar-refractivity contribution in [1.29, 1.82) is 0 Å². The summed E-state index contributed by atoms with van der Waals surface area (Å²) in [5, 5.41) is 3.43. The van der Waals surface area contributed by atoms with Crippen LogP contribution in [0.2, 0.25) is 0 Å². The van der Waals surface area contributed by atoms with Crippen LogP contribution < -0.4 is 10.2 Å². The van der Waals surface area contributed by atoms with Crippen LogP contribution in [0.4, 0.5) is 17.5 Å². The van der Waals surface area contributed by atoms with Crippen molar-refractivity contribution in [2.45, 2.75) is 51.5 Å². The number of rotatable bonds is 6. The minimum Gasteiger partial charge on any atom is -0.341 e. The van der Waals surface area contributed by atoms with Crippen LogP contribution in [0.15, 0.2) is 24.7 Å². The van der Waals surface area contributed by atoms with Gasteiger partial charge >= 0.3 is 0 Å². The number of fused-ring (bicyclic) bond motifs is 1. The van der Waals surface area contributed by atoms with Crippen LogP contribution >= 0.6 is 0 Å². The second-order valence-corrected chi connectivity index (χ2v) is 10.1. The molecule has 3 aromatic heterocycles. The first-order valence-corrected chi connectivity index (χ1v) is 13.4. The van der Waals surface area contributed by atoms with Gasteiger partial charge in [0.25, 0.3) is 5.91 Å². The van der Waals surface area contributed by atoms with Crippen molar-refractivity contribution in [3.8, 4) is 0 Å². The summed E-state index contributed by atoms with van der Waals surface area (Å²) in [5.74, 6) is 1.44. The summed E-state index contributed by atoms with van der Waals surface area (Å²) in [6.45, 7) is 8.46. The Kier molecular flexibility index (Phi) is 6.43. The van der Waals surface area contributed by atoms with Crippen molar-refractivity contribution < 1.29 is 4.79 Å².